The van der Waals surface area contributed by atoms with Crippen LogP contribution in [0.3, 0.4) is 0 Å². The quantitative estimate of drug-likeness (QED) is 0.441. The highest BCUT2D eigenvalue weighted by atomic mass is 33.2. The van der Waals surface area contributed by atoms with Crippen molar-refractivity contribution in [3.05, 3.63) is 12.7 Å². The lowest BCUT2D eigenvalue weighted by Gasteiger charge is -2.20. The summed E-state index contributed by atoms with van der Waals surface area (Å²) in [6.45, 7) is 8.13. The van der Waals surface area contributed by atoms with Gasteiger partial charge < -0.3 is 4.74 Å². The third-order valence-corrected chi connectivity index (χ3v) is 6.61. The first-order valence-corrected chi connectivity index (χ1v) is 9.27. The summed E-state index contributed by atoms with van der Waals surface area (Å²) in [5.74, 6) is -0.461. The van der Waals surface area contributed by atoms with Gasteiger partial charge in [0.2, 0.25) is 8.95 Å². The Balaban J connectivity index is 4.80. The van der Waals surface area contributed by atoms with Crippen molar-refractivity contribution in [2.75, 3.05) is 5.75 Å². The molecule has 1 unspecified atom stereocenters. The van der Waals surface area contributed by atoms with E-state index in [1.807, 2.05) is 0 Å². The molecule has 112 valence electrons. The number of allylic oxidation sites excluding steroid dienone is 1. The molecule has 0 spiro atoms. The number of hydrogen-bond acceptors (Lipinski definition) is 6. The fraction of sp³-hybridized carbons (Fsp3) is 0.700. The number of unbranched alkanes of at least 4 members (excludes halogenated alkanes) is 1. The van der Waals surface area contributed by atoms with E-state index in [1.165, 1.54) is 6.08 Å². The summed E-state index contributed by atoms with van der Waals surface area (Å²) in [5.41, 5.74) is -0.869. The van der Waals surface area contributed by atoms with E-state index in [2.05, 4.69) is 6.58 Å². The van der Waals surface area contributed by atoms with Gasteiger partial charge in [-0.25, -0.2) is 26.9 Å². The molecule has 1 amide bonds. The van der Waals surface area contributed by atoms with E-state index in [4.69, 9.17) is 9.52 Å². The summed E-state index contributed by atoms with van der Waals surface area (Å²) in [5, 5.41) is 0. The summed E-state index contributed by atoms with van der Waals surface area (Å²) < 4.78 is 48.7. The van der Waals surface area contributed by atoms with Gasteiger partial charge >= 0.3 is 6.09 Å². The van der Waals surface area contributed by atoms with Crippen LogP contribution in [0.5, 0.6) is 0 Å². The minimum Gasteiger partial charge on any atom is -0.443 e. The lowest BCUT2D eigenvalue weighted by molar-refractivity contribution is 0.0572. The first-order chi connectivity index (χ1) is 8.41. The van der Waals surface area contributed by atoms with Crippen molar-refractivity contribution < 1.29 is 22.2 Å². The van der Waals surface area contributed by atoms with Crippen molar-refractivity contribution >= 4 is 23.9 Å². The van der Waals surface area contributed by atoms with E-state index in [1.54, 1.807) is 25.5 Å². The summed E-state index contributed by atoms with van der Waals surface area (Å²) in [6, 6.07) is 0. The molecule has 9 heteroatoms. The number of amides is 1. The maximum absolute atomic E-state index is 11.7. The Hall–Kier alpha value is -1.09. The first-order valence-electron chi connectivity index (χ1n) is 5.54. The number of rotatable bonds is 6. The van der Waals surface area contributed by atoms with Crippen LogP contribution in [0.15, 0.2) is 12.7 Å². The van der Waals surface area contributed by atoms with Crippen LogP contribution in [0.4, 0.5) is 4.79 Å². The van der Waals surface area contributed by atoms with Gasteiger partial charge in [-0.3, -0.25) is 0 Å². The molecule has 2 N–H and O–H groups in total. The summed E-state index contributed by atoms with van der Waals surface area (Å²) >= 11 is 0. The molecule has 0 fully saturated rings. The van der Waals surface area contributed by atoms with E-state index in [-0.39, 0.29) is 6.42 Å². The largest absolute Gasteiger partial charge is 0.443 e. The summed E-state index contributed by atoms with van der Waals surface area (Å²) in [4.78, 5) is 11.3. The molecule has 1 atom stereocenters. The van der Waals surface area contributed by atoms with Crippen LogP contribution >= 0.6 is 0 Å². The van der Waals surface area contributed by atoms with E-state index in [9.17, 15) is 17.4 Å². The van der Waals surface area contributed by atoms with Gasteiger partial charge in [-0.05, 0) is 33.6 Å². The maximum Gasteiger partial charge on any atom is 0.421 e. The molecule has 0 saturated carbocycles. The number of carbonyl (C=O) groups excluding carboxylic acids is 1. The number of ether oxygens (including phenoxy) is 1. The highest BCUT2D eigenvalue weighted by Crippen LogP contribution is 2.10. The number of carbonyl (C=O) groups is 1. The van der Waals surface area contributed by atoms with Crippen molar-refractivity contribution in [3.63, 3.8) is 0 Å². The second kappa shape index (κ2) is 6.38. The molecule has 0 aromatic rings. The normalized spacial score (nSPS) is 15.3. The standard InChI is InChI=1S/C10H20N2O5S2/c1-5-6-7-8-18(14,15)19(11,16)12-9(13)17-10(2,3)4/h5H,1,6-8H2,2-4H3,(H2,11,12,13,16). The van der Waals surface area contributed by atoms with Crippen molar-refractivity contribution in [1.29, 1.82) is 4.78 Å². The van der Waals surface area contributed by atoms with Gasteiger partial charge in [-0.15, -0.1) is 6.58 Å². The number of nitrogens with one attached hydrogen (secondary N) is 2. The molecular formula is C10H20N2O5S2. The molecule has 0 aliphatic carbocycles. The topological polar surface area (TPSA) is 113 Å². The van der Waals surface area contributed by atoms with Crippen LogP contribution in [0, 0.1) is 4.78 Å². The zero-order valence-electron chi connectivity index (χ0n) is 11.3. The van der Waals surface area contributed by atoms with Crippen LogP contribution in [-0.4, -0.2) is 30.1 Å². The molecule has 0 heterocycles. The van der Waals surface area contributed by atoms with Crippen LogP contribution < -0.4 is 4.72 Å². The van der Waals surface area contributed by atoms with Gasteiger partial charge in [0.25, 0.3) is 8.87 Å². The third-order valence-electron chi connectivity index (χ3n) is 1.78. The van der Waals surface area contributed by atoms with E-state index >= 15 is 0 Å². The average Bonchev–Trinajstić information content (AvgIpc) is 2.12. The Morgan fingerprint density at radius 2 is 1.89 bits per heavy atom. The highest BCUT2D eigenvalue weighted by Gasteiger charge is 2.29. The van der Waals surface area contributed by atoms with Crippen LogP contribution in [-0.2, 0) is 22.6 Å². The minimum absolute atomic E-state index is 0.192. The van der Waals surface area contributed by atoms with Crippen LogP contribution in [0.2, 0.25) is 0 Å². The molecule has 0 aromatic heterocycles. The molecule has 0 rings (SSSR count). The molecule has 0 aliphatic rings. The predicted molar refractivity (Wildman–Crippen MR) is 73.4 cm³/mol. The fourth-order valence-corrected chi connectivity index (χ4v) is 3.78. The SMILES string of the molecule is C=CCCCS(=O)(=O)S(=N)(=O)NC(=O)OC(C)(C)C. The molecule has 0 radical (unpaired) electrons. The van der Waals surface area contributed by atoms with Gasteiger partial charge in [0, 0.05) is 0 Å². The Labute approximate surface area is 113 Å². The zero-order valence-corrected chi connectivity index (χ0v) is 12.9. The molecule has 0 bridgehead atoms. The monoisotopic (exact) mass is 312 g/mol. The summed E-state index contributed by atoms with van der Waals surface area (Å²) in [6.07, 6.45) is 0.932. The lowest BCUT2D eigenvalue weighted by atomic mass is 10.2. The molecule has 19 heavy (non-hydrogen) atoms. The first kappa shape index (κ1) is 17.9. The molecule has 0 saturated heterocycles. The zero-order chi connectivity index (χ0) is 15.3. The Morgan fingerprint density at radius 3 is 2.32 bits per heavy atom. The smallest absolute Gasteiger partial charge is 0.421 e. The van der Waals surface area contributed by atoms with Crippen molar-refractivity contribution in [1.82, 2.24) is 4.72 Å². The van der Waals surface area contributed by atoms with Crippen LogP contribution in [0.25, 0.3) is 0 Å². The van der Waals surface area contributed by atoms with E-state index in [0.717, 1.165) is 0 Å². The van der Waals surface area contributed by atoms with Gasteiger partial charge in [-0.1, -0.05) is 6.08 Å². The van der Waals surface area contributed by atoms with Crippen molar-refractivity contribution in [3.8, 4) is 0 Å². The van der Waals surface area contributed by atoms with Gasteiger partial charge in [0.15, 0.2) is 0 Å². The Bertz CT molecular complexity index is 529. The van der Waals surface area contributed by atoms with Gasteiger partial charge in [0.05, 0.1) is 5.75 Å². The Morgan fingerprint density at radius 1 is 1.37 bits per heavy atom. The molecule has 7 nitrogen and oxygen atoms in total. The molecule has 0 aliphatic heterocycles. The third kappa shape index (κ3) is 6.58. The molecule has 0 aromatic carbocycles. The van der Waals surface area contributed by atoms with Gasteiger partial charge in [0.1, 0.15) is 5.60 Å². The van der Waals surface area contributed by atoms with E-state index in [0.29, 0.717) is 6.42 Å². The molecular weight excluding hydrogens is 292 g/mol. The second-order valence-corrected chi connectivity index (χ2v) is 10.5. The summed E-state index contributed by atoms with van der Waals surface area (Å²) in [7, 11) is -8.55. The number of hydrogen-bond donors (Lipinski definition) is 2. The van der Waals surface area contributed by atoms with Crippen molar-refractivity contribution in [2.45, 2.75) is 39.2 Å². The lowest BCUT2D eigenvalue weighted by Crippen LogP contribution is -2.39. The van der Waals surface area contributed by atoms with E-state index < -0.39 is 35.3 Å². The Kier molecular flexibility index (Phi) is 6.01. The van der Waals surface area contributed by atoms with Crippen LogP contribution in [0.1, 0.15) is 33.6 Å². The van der Waals surface area contributed by atoms with Crippen molar-refractivity contribution in [2.24, 2.45) is 0 Å². The maximum atomic E-state index is 11.7. The van der Waals surface area contributed by atoms with Gasteiger partial charge in [-0.2, -0.15) is 0 Å². The minimum atomic E-state index is -4.30. The predicted octanol–water partition coefficient (Wildman–Crippen LogP) is 1.77. The highest BCUT2D eigenvalue weighted by molar-refractivity contribution is 8.67. The average molecular weight is 312 g/mol. The fourth-order valence-electron chi connectivity index (χ4n) is 0.994. The second-order valence-electron chi connectivity index (χ2n) is 4.80.